The molecule has 0 atom stereocenters. The molecule has 0 saturated heterocycles. The van der Waals surface area contributed by atoms with Crippen molar-refractivity contribution in [3.8, 4) is 0 Å². The highest BCUT2D eigenvalue weighted by atomic mass is 79.9. The number of thiophene rings is 1. The average molecular weight is 367 g/mol. The molecule has 0 amide bonds. The van der Waals surface area contributed by atoms with Gasteiger partial charge in [0.15, 0.2) is 0 Å². The molecule has 18 heavy (non-hydrogen) atoms. The van der Waals surface area contributed by atoms with Crippen LogP contribution >= 0.6 is 50.5 Å². The molecule has 0 aliphatic rings. The summed E-state index contributed by atoms with van der Waals surface area (Å²) in [5.74, 6) is 1.23. The summed E-state index contributed by atoms with van der Waals surface area (Å²) >= 11 is 17.2. The summed E-state index contributed by atoms with van der Waals surface area (Å²) in [5, 5.41) is 9.16. The lowest BCUT2D eigenvalue weighted by molar-refractivity contribution is 1.14. The van der Waals surface area contributed by atoms with Crippen LogP contribution < -0.4 is 10.6 Å². The maximum atomic E-state index is 6.09. The Morgan fingerprint density at radius 1 is 1.28 bits per heavy atom. The molecule has 2 heterocycles. The summed E-state index contributed by atoms with van der Waals surface area (Å²) in [4.78, 5) is 5.51. The lowest BCUT2D eigenvalue weighted by Crippen LogP contribution is -2.03. The molecule has 2 aromatic heterocycles. The zero-order valence-corrected chi connectivity index (χ0v) is 13.3. The van der Waals surface area contributed by atoms with Crippen molar-refractivity contribution >= 4 is 62.1 Å². The van der Waals surface area contributed by atoms with Gasteiger partial charge in [-0.2, -0.15) is 0 Å². The molecule has 0 aromatic carbocycles. The molecule has 2 N–H and O–H groups in total. The van der Waals surface area contributed by atoms with E-state index in [2.05, 4.69) is 37.6 Å². The second kappa shape index (κ2) is 6.10. The predicted molar refractivity (Wildman–Crippen MR) is 83.1 cm³/mol. The van der Waals surface area contributed by atoms with Crippen LogP contribution in [0.2, 0.25) is 10.0 Å². The Balaban J connectivity index is 2.13. The van der Waals surface area contributed by atoms with Crippen molar-refractivity contribution in [2.75, 3.05) is 17.7 Å². The number of anilines is 2. The quantitative estimate of drug-likeness (QED) is 0.810. The number of nitrogens with zero attached hydrogens (tertiary/aromatic N) is 1. The second-order valence-corrected chi connectivity index (χ2v) is 6.21. The summed E-state index contributed by atoms with van der Waals surface area (Å²) in [6, 6.07) is 3.73. The highest BCUT2D eigenvalue weighted by Gasteiger charge is 2.08. The molecular formula is C11H10BrCl2N3S. The van der Waals surface area contributed by atoms with Gasteiger partial charge in [-0.1, -0.05) is 23.2 Å². The molecule has 0 spiro atoms. The minimum Gasteiger partial charge on any atom is -0.372 e. The minimum atomic E-state index is 0.506. The third-order valence-electron chi connectivity index (χ3n) is 2.22. The van der Waals surface area contributed by atoms with Crippen LogP contribution in [0.1, 0.15) is 4.88 Å². The van der Waals surface area contributed by atoms with Gasteiger partial charge in [-0.3, -0.25) is 0 Å². The van der Waals surface area contributed by atoms with Crippen LogP contribution in [-0.4, -0.2) is 12.0 Å². The standard InChI is InChI=1S/C11H10BrCl2N3S/c1-15-10-8(13)3-9(14)11(17-10)16-4-7-2-6(12)5-18-7/h2-3,5H,4H2,1H3,(H2,15,16,17). The maximum absolute atomic E-state index is 6.09. The van der Waals surface area contributed by atoms with E-state index in [1.807, 2.05) is 5.38 Å². The number of nitrogens with one attached hydrogen (secondary N) is 2. The minimum absolute atomic E-state index is 0.506. The number of aromatic nitrogens is 1. The molecule has 0 unspecified atom stereocenters. The first-order valence-corrected chi connectivity index (χ1v) is 7.53. The molecule has 0 fully saturated rings. The SMILES string of the molecule is CNc1nc(NCc2cc(Br)cs2)c(Cl)cc1Cl. The van der Waals surface area contributed by atoms with Crippen molar-refractivity contribution in [1.29, 1.82) is 0 Å². The number of pyridine rings is 1. The third kappa shape index (κ3) is 3.29. The molecular weight excluding hydrogens is 357 g/mol. The van der Waals surface area contributed by atoms with Gasteiger partial charge in [0, 0.05) is 21.8 Å². The van der Waals surface area contributed by atoms with Crippen molar-refractivity contribution in [1.82, 2.24) is 4.98 Å². The van der Waals surface area contributed by atoms with Gasteiger partial charge in [0.05, 0.1) is 16.6 Å². The van der Waals surface area contributed by atoms with Crippen LogP contribution in [0.3, 0.4) is 0 Å². The van der Waals surface area contributed by atoms with E-state index >= 15 is 0 Å². The largest absolute Gasteiger partial charge is 0.372 e. The zero-order chi connectivity index (χ0) is 13.1. The molecule has 2 rings (SSSR count). The lowest BCUT2D eigenvalue weighted by Gasteiger charge is -2.09. The van der Waals surface area contributed by atoms with Crippen LogP contribution in [0.25, 0.3) is 0 Å². The van der Waals surface area contributed by atoms with Gasteiger partial charge in [-0.25, -0.2) is 4.98 Å². The summed E-state index contributed by atoms with van der Waals surface area (Å²) < 4.78 is 1.08. The average Bonchev–Trinajstić information content (AvgIpc) is 2.74. The van der Waals surface area contributed by atoms with E-state index in [0.717, 1.165) is 4.47 Å². The Morgan fingerprint density at radius 3 is 2.61 bits per heavy atom. The first kappa shape index (κ1) is 13.9. The lowest BCUT2D eigenvalue weighted by atomic mass is 10.4. The predicted octanol–water partition coefficient (Wildman–Crippen LogP) is 4.87. The molecule has 0 saturated carbocycles. The third-order valence-corrected chi connectivity index (χ3v) is 4.49. The van der Waals surface area contributed by atoms with E-state index in [1.165, 1.54) is 4.88 Å². The van der Waals surface area contributed by atoms with Crippen LogP contribution in [-0.2, 0) is 6.54 Å². The monoisotopic (exact) mass is 365 g/mol. The summed E-state index contributed by atoms with van der Waals surface area (Å²) in [6.07, 6.45) is 0. The smallest absolute Gasteiger partial charge is 0.147 e. The molecule has 0 bridgehead atoms. The van der Waals surface area contributed by atoms with Gasteiger partial charge in [0.1, 0.15) is 11.6 Å². The first-order chi connectivity index (χ1) is 8.60. The van der Waals surface area contributed by atoms with Crippen LogP contribution in [0.15, 0.2) is 22.0 Å². The number of hydrogen-bond acceptors (Lipinski definition) is 4. The molecule has 2 aromatic rings. The number of rotatable bonds is 4. The fourth-order valence-corrected chi connectivity index (χ4v) is 3.29. The van der Waals surface area contributed by atoms with Gasteiger partial charge >= 0.3 is 0 Å². The van der Waals surface area contributed by atoms with Gasteiger partial charge in [0.25, 0.3) is 0 Å². The van der Waals surface area contributed by atoms with Gasteiger partial charge in [-0.05, 0) is 28.1 Å². The van der Waals surface area contributed by atoms with Crippen LogP contribution in [0, 0.1) is 0 Å². The zero-order valence-electron chi connectivity index (χ0n) is 9.43. The van der Waals surface area contributed by atoms with Crippen molar-refractivity contribution in [3.05, 3.63) is 36.9 Å². The molecule has 0 aliphatic carbocycles. The molecule has 96 valence electrons. The first-order valence-electron chi connectivity index (χ1n) is 5.10. The van der Waals surface area contributed by atoms with E-state index in [0.29, 0.717) is 28.2 Å². The Kier molecular flexibility index (Phi) is 4.72. The molecule has 3 nitrogen and oxygen atoms in total. The summed E-state index contributed by atoms with van der Waals surface area (Å²) in [5.41, 5.74) is 0. The topological polar surface area (TPSA) is 37.0 Å². The Morgan fingerprint density at radius 2 is 2.00 bits per heavy atom. The van der Waals surface area contributed by atoms with E-state index in [4.69, 9.17) is 23.2 Å². The molecule has 7 heteroatoms. The van der Waals surface area contributed by atoms with Gasteiger partial charge in [-0.15, -0.1) is 11.3 Å². The van der Waals surface area contributed by atoms with E-state index < -0.39 is 0 Å². The van der Waals surface area contributed by atoms with Crippen molar-refractivity contribution in [2.24, 2.45) is 0 Å². The Bertz CT molecular complexity index is 559. The Labute approximate surface area is 128 Å². The number of halogens is 3. The molecule has 0 aliphatic heterocycles. The van der Waals surface area contributed by atoms with E-state index in [1.54, 1.807) is 24.5 Å². The van der Waals surface area contributed by atoms with Crippen LogP contribution in [0.4, 0.5) is 11.6 Å². The fraction of sp³-hybridized carbons (Fsp3) is 0.182. The maximum Gasteiger partial charge on any atom is 0.147 e. The highest BCUT2D eigenvalue weighted by Crippen LogP contribution is 2.29. The van der Waals surface area contributed by atoms with Crippen molar-refractivity contribution in [3.63, 3.8) is 0 Å². The second-order valence-electron chi connectivity index (χ2n) is 3.48. The van der Waals surface area contributed by atoms with Gasteiger partial charge in [0.2, 0.25) is 0 Å². The summed E-state index contributed by atoms with van der Waals surface area (Å²) in [7, 11) is 1.77. The van der Waals surface area contributed by atoms with Crippen molar-refractivity contribution in [2.45, 2.75) is 6.54 Å². The fourth-order valence-electron chi connectivity index (χ4n) is 1.38. The van der Waals surface area contributed by atoms with Gasteiger partial charge < -0.3 is 10.6 Å². The normalized spacial score (nSPS) is 10.4. The Hall–Kier alpha value is -0.490. The van der Waals surface area contributed by atoms with E-state index in [-0.39, 0.29) is 0 Å². The van der Waals surface area contributed by atoms with E-state index in [9.17, 15) is 0 Å². The highest BCUT2D eigenvalue weighted by molar-refractivity contribution is 9.10. The molecule has 0 radical (unpaired) electrons. The summed E-state index contributed by atoms with van der Waals surface area (Å²) in [6.45, 7) is 0.674. The van der Waals surface area contributed by atoms with Crippen LogP contribution in [0.5, 0.6) is 0 Å². The van der Waals surface area contributed by atoms with Crippen molar-refractivity contribution < 1.29 is 0 Å². The number of hydrogen-bond donors (Lipinski definition) is 2.